The third-order valence-corrected chi connectivity index (χ3v) is 3.70. The van der Waals surface area contributed by atoms with Gasteiger partial charge in [-0.3, -0.25) is 4.90 Å². The summed E-state index contributed by atoms with van der Waals surface area (Å²) < 4.78 is 25.2. The number of nitrogens with zero attached hydrogens (tertiary/aromatic N) is 1. The lowest BCUT2D eigenvalue weighted by atomic mass is 10.2. The summed E-state index contributed by atoms with van der Waals surface area (Å²) in [6.07, 6.45) is 0. The number of hydrogen-bond acceptors (Lipinski definition) is 3. The van der Waals surface area contributed by atoms with Crippen molar-refractivity contribution in [2.75, 3.05) is 11.9 Å². The molecule has 0 fully saturated rings. The van der Waals surface area contributed by atoms with Crippen LogP contribution in [0.25, 0.3) is 0 Å². The molecule has 1 aliphatic rings. The van der Waals surface area contributed by atoms with Gasteiger partial charge in [0.25, 0.3) is 10.0 Å². The predicted octanol–water partition coefficient (Wildman–Crippen LogP) is 0.843. The second kappa shape index (κ2) is 2.96. The maximum absolute atomic E-state index is 11.6. The molecule has 1 aliphatic heterocycles. The van der Waals surface area contributed by atoms with E-state index in [1.807, 2.05) is 4.72 Å². The van der Waals surface area contributed by atoms with Crippen LogP contribution in [0.5, 0.6) is 0 Å². The maximum Gasteiger partial charge on any atom is 0.335 e. The fraction of sp³-hybridized carbons (Fsp3) is 0.222. The van der Waals surface area contributed by atoms with E-state index < -0.39 is 16.1 Å². The maximum atomic E-state index is 11.6. The SMILES string of the molecule is Cc1cccc2c1N(C)C(=O)NS2(=O)=O. The number of anilines is 1. The Bertz CT molecular complexity index is 536. The third-order valence-electron chi connectivity index (χ3n) is 2.35. The van der Waals surface area contributed by atoms with E-state index >= 15 is 0 Å². The molecule has 1 heterocycles. The van der Waals surface area contributed by atoms with Gasteiger partial charge >= 0.3 is 6.03 Å². The van der Waals surface area contributed by atoms with E-state index in [9.17, 15) is 13.2 Å². The third kappa shape index (κ3) is 1.37. The first-order valence-corrected chi connectivity index (χ1v) is 5.82. The molecule has 6 heteroatoms. The number of aryl methyl sites for hydroxylation is 1. The highest BCUT2D eigenvalue weighted by Crippen LogP contribution is 2.31. The number of sulfonamides is 1. The van der Waals surface area contributed by atoms with Gasteiger partial charge in [-0.1, -0.05) is 12.1 Å². The fourth-order valence-electron chi connectivity index (χ4n) is 1.62. The standard InChI is InChI=1S/C9H10N2O3S/c1-6-4-3-5-7-8(6)11(2)9(12)10-15(7,13)14/h3-5H,1-2H3,(H,10,12). The van der Waals surface area contributed by atoms with Gasteiger partial charge in [-0.05, 0) is 18.6 Å². The summed E-state index contributed by atoms with van der Waals surface area (Å²) in [5.74, 6) is 0. The minimum absolute atomic E-state index is 0.143. The van der Waals surface area contributed by atoms with Crippen LogP contribution in [0.4, 0.5) is 10.5 Å². The van der Waals surface area contributed by atoms with Gasteiger partial charge in [0.05, 0.1) is 5.69 Å². The number of urea groups is 1. The van der Waals surface area contributed by atoms with Gasteiger partial charge in [-0.15, -0.1) is 0 Å². The largest absolute Gasteiger partial charge is 0.335 e. The Balaban J connectivity index is 2.81. The van der Waals surface area contributed by atoms with Gasteiger partial charge in [0.15, 0.2) is 0 Å². The molecule has 0 saturated carbocycles. The number of carbonyl (C=O) groups excluding carboxylic acids is 1. The van der Waals surface area contributed by atoms with Crippen molar-refractivity contribution < 1.29 is 13.2 Å². The van der Waals surface area contributed by atoms with Crippen LogP contribution in [0.3, 0.4) is 0 Å². The Morgan fingerprint density at radius 3 is 2.67 bits per heavy atom. The summed E-state index contributed by atoms with van der Waals surface area (Å²) in [6, 6.07) is 4.27. The monoisotopic (exact) mass is 226 g/mol. The van der Waals surface area contributed by atoms with Crippen LogP contribution in [-0.4, -0.2) is 21.5 Å². The molecule has 15 heavy (non-hydrogen) atoms. The molecule has 0 radical (unpaired) electrons. The number of para-hydroxylation sites is 1. The zero-order valence-electron chi connectivity index (χ0n) is 8.31. The number of nitrogens with one attached hydrogen (secondary N) is 1. The van der Waals surface area contributed by atoms with Crippen LogP contribution in [0, 0.1) is 6.92 Å². The lowest BCUT2D eigenvalue weighted by molar-refractivity contribution is 0.251. The zero-order valence-corrected chi connectivity index (χ0v) is 9.13. The number of benzene rings is 1. The molecule has 80 valence electrons. The van der Waals surface area contributed by atoms with Crippen LogP contribution < -0.4 is 9.62 Å². The van der Waals surface area contributed by atoms with Crippen LogP contribution in [0.2, 0.25) is 0 Å². The first-order chi connectivity index (χ1) is 6.93. The first-order valence-electron chi connectivity index (χ1n) is 4.33. The Morgan fingerprint density at radius 2 is 2.00 bits per heavy atom. The summed E-state index contributed by atoms with van der Waals surface area (Å²) in [6.45, 7) is 1.77. The van der Waals surface area contributed by atoms with Crippen molar-refractivity contribution in [1.29, 1.82) is 0 Å². The van der Waals surface area contributed by atoms with Crippen LogP contribution in [0.15, 0.2) is 23.1 Å². The summed E-state index contributed by atoms with van der Waals surface area (Å²) >= 11 is 0. The zero-order chi connectivity index (χ0) is 11.2. The molecule has 0 bridgehead atoms. The van der Waals surface area contributed by atoms with E-state index in [2.05, 4.69) is 0 Å². The highest BCUT2D eigenvalue weighted by atomic mass is 32.2. The molecular formula is C9H10N2O3S. The van der Waals surface area contributed by atoms with Crippen molar-refractivity contribution >= 4 is 21.7 Å². The topological polar surface area (TPSA) is 66.5 Å². The van der Waals surface area contributed by atoms with Gasteiger partial charge < -0.3 is 0 Å². The molecule has 0 spiro atoms. The Hall–Kier alpha value is -1.56. The second-order valence-electron chi connectivity index (χ2n) is 3.39. The van der Waals surface area contributed by atoms with Crippen molar-refractivity contribution in [3.05, 3.63) is 23.8 Å². The molecule has 1 N–H and O–H groups in total. The van der Waals surface area contributed by atoms with Crippen molar-refractivity contribution in [3.63, 3.8) is 0 Å². The van der Waals surface area contributed by atoms with E-state index in [0.717, 1.165) is 5.56 Å². The van der Waals surface area contributed by atoms with Gasteiger partial charge in [0, 0.05) is 7.05 Å². The van der Waals surface area contributed by atoms with Crippen LogP contribution in [0.1, 0.15) is 5.56 Å². The van der Waals surface area contributed by atoms with Crippen LogP contribution >= 0.6 is 0 Å². The van der Waals surface area contributed by atoms with Gasteiger partial charge in [0.2, 0.25) is 0 Å². The number of hydrogen-bond donors (Lipinski definition) is 1. The van der Waals surface area contributed by atoms with E-state index in [-0.39, 0.29) is 4.90 Å². The molecular weight excluding hydrogens is 216 g/mol. The minimum atomic E-state index is -3.69. The summed E-state index contributed by atoms with van der Waals surface area (Å²) in [5.41, 5.74) is 1.20. The minimum Gasteiger partial charge on any atom is -0.295 e. The van der Waals surface area contributed by atoms with Crippen LogP contribution in [-0.2, 0) is 10.0 Å². The summed E-state index contributed by atoms with van der Waals surface area (Å²) in [4.78, 5) is 12.8. The Morgan fingerprint density at radius 1 is 1.33 bits per heavy atom. The quantitative estimate of drug-likeness (QED) is 0.713. The van der Waals surface area contributed by atoms with E-state index in [4.69, 9.17) is 0 Å². The van der Waals surface area contributed by atoms with Gasteiger partial charge in [0.1, 0.15) is 4.90 Å². The lowest BCUT2D eigenvalue weighted by Crippen LogP contribution is -2.46. The van der Waals surface area contributed by atoms with Gasteiger partial charge in [-0.25, -0.2) is 17.9 Å². The van der Waals surface area contributed by atoms with Crippen molar-refractivity contribution in [3.8, 4) is 0 Å². The molecule has 0 atom stereocenters. The smallest absolute Gasteiger partial charge is 0.295 e. The molecule has 2 amide bonds. The normalized spacial score (nSPS) is 18.3. The van der Waals surface area contributed by atoms with E-state index in [1.165, 1.54) is 18.0 Å². The fourth-order valence-corrected chi connectivity index (χ4v) is 2.91. The molecule has 0 aromatic heterocycles. The first kappa shape index (κ1) is 9.97. The molecule has 0 unspecified atom stereocenters. The summed E-state index contributed by atoms with van der Waals surface area (Å²) in [7, 11) is -2.15. The molecule has 0 saturated heterocycles. The lowest BCUT2D eigenvalue weighted by Gasteiger charge is -2.27. The number of rotatable bonds is 0. The van der Waals surface area contributed by atoms with Crippen molar-refractivity contribution in [2.24, 2.45) is 0 Å². The average molecular weight is 226 g/mol. The molecule has 2 rings (SSSR count). The molecule has 1 aromatic carbocycles. The Labute approximate surface area is 87.8 Å². The van der Waals surface area contributed by atoms with Crippen molar-refractivity contribution in [1.82, 2.24) is 4.72 Å². The Kier molecular flexibility index (Phi) is 1.97. The summed E-state index contributed by atoms with van der Waals surface area (Å²) in [5, 5.41) is 0. The average Bonchev–Trinajstić information content (AvgIpc) is 2.14. The number of fused-ring (bicyclic) bond motifs is 1. The van der Waals surface area contributed by atoms with Gasteiger partial charge in [-0.2, -0.15) is 0 Å². The van der Waals surface area contributed by atoms with Crippen molar-refractivity contribution in [2.45, 2.75) is 11.8 Å². The molecule has 5 nitrogen and oxygen atoms in total. The molecule has 0 aliphatic carbocycles. The second-order valence-corrected chi connectivity index (χ2v) is 5.04. The highest BCUT2D eigenvalue weighted by molar-refractivity contribution is 7.90. The van der Waals surface area contributed by atoms with E-state index in [1.54, 1.807) is 19.1 Å². The van der Waals surface area contributed by atoms with E-state index in [0.29, 0.717) is 5.69 Å². The predicted molar refractivity (Wildman–Crippen MR) is 55.3 cm³/mol. The number of carbonyl (C=O) groups is 1. The number of amides is 2. The highest BCUT2D eigenvalue weighted by Gasteiger charge is 2.32. The molecule has 1 aromatic rings.